The highest BCUT2D eigenvalue weighted by Gasteiger charge is 2.25. The van der Waals surface area contributed by atoms with Crippen LogP contribution in [0.4, 0.5) is 11.4 Å². The highest BCUT2D eigenvalue weighted by molar-refractivity contribution is 7.99. The minimum atomic E-state index is -0.354. The Morgan fingerprint density at radius 1 is 1.00 bits per heavy atom. The fraction of sp³-hybridized carbons (Fsp3) is 0.316. The van der Waals surface area contributed by atoms with Gasteiger partial charge in [0.2, 0.25) is 5.91 Å². The van der Waals surface area contributed by atoms with Gasteiger partial charge in [-0.1, -0.05) is 30.3 Å². The third-order valence-electron chi connectivity index (χ3n) is 4.38. The molecule has 0 unspecified atom stereocenters. The summed E-state index contributed by atoms with van der Waals surface area (Å²) in [6.45, 7) is 2.42. The summed E-state index contributed by atoms with van der Waals surface area (Å²) in [6.07, 6.45) is 0.505. The Morgan fingerprint density at radius 2 is 1.65 bits per heavy atom. The maximum absolute atomic E-state index is 12.4. The molecule has 136 valence electrons. The highest BCUT2D eigenvalue weighted by atomic mass is 32.2. The van der Waals surface area contributed by atoms with Gasteiger partial charge in [-0.2, -0.15) is 0 Å². The van der Waals surface area contributed by atoms with Gasteiger partial charge in [0.1, 0.15) is 5.69 Å². The molecule has 3 rings (SSSR count). The number of nitro groups is 1. The largest absolute Gasteiger partial charge is 0.362 e. The fourth-order valence-corrected chi connectivity index (χ4v) is 3.88. The average Bonchev–Trinajstić information content (AvgIpc) is 2.69. The standard InChI is InChI=1S/C19H21N3O3S/c23-19(10-15-26-16-6-2-1-3-7-16)21-13-11-20(12-14-21)17-8-4-5-9-18(17)22(24)25/h1-9H,10-15H2. The van der Waals surface area contributed by atoms with E-state index in [9.17, 15) is 14.9 Å². The lowest BCUT2D eigenvalue weighted by molar-refractivity contribution is -0.384. The van der Waals surface area contributed by atoms with E-state index in [1.807, 2.05) is 40.1 Å². The first kappa shape index (κ1) is 18.3. The molecule has 7 heteroatoms. The van der Waals surface area contributed by atoms with E-state index in [-0.39, 0.29) is 16.5 Å². The smallest absolute Gasteiger partial charge is 0.292 e. The number of piperazine rings is 1. The second-order valence-electron chi connectivity index (χ2n) is 6.03. The van der Waals surface area contributed by atoms with Crippen LogP contribution in [0, 0.1) is 10.1 Å². The third kappa shape index (κ3) is 4.54. The summed E-state index contributed by atoms with van der Waals surface area (Å²) >= 11 is 1.68. The predicted molar refractivity (Wildman–Crippen MR) is 104 cm³/mol. The number of para-hydroxylation sites is 2. The van der Waals surface area contributed by atoms with Crippen molar-refractivity contribution in [2.24, 2.45) is 0 Å². The van der Waals surface area contributed by atoms with Crippen LogP contribution < -0.4 is 4.90 Å². The number of nitrogens with zero attached hydrogens (tertiary/aromatic N) is 3. The molecule has 0 radical (unpaired) electrons. The van der Waals surface area contributed by atoms with Crippen LogP contribution in [-0.4, -0.2) is 47.7 Å². The molecule has 0 atom stereocenters. The van der Waals surface area contributed by atoms with Crippen LogP contribution in [0.25, 0.3) is 0 Å². The Bertz CT molecular complexity index is 762. The zero-order valence-corrected chi connectivity index (χ0v) is 15.2. The number of nitro benzene ring substituents is 1. The zero-order chi connectivity index (χ0) is 18.4. The van der Waals surface area contributed by atoms with Crippen LogP contribution in [0.15, 0.2) is 59.5 Å². The van der Waals surface area contributed by atoms with Crippen molar-refractivity contribution in [2.45, 2.75) is 11.3 Å². The minimum absolute atomic E-state index is 0.117. The third-order valence-corrected chi connectivity index (χ3v) is 5.39. The molecular formula is C19H21N3O3S. The molecule has 1 aliphatic rings. The van der Waals surface area contributed by atoms with Crippen LogP contribution in [0.3, 0.4) is 0 Å². The molecular weight excluding hydrogens is 350 g/mol. The second-order valence-corrected chi connectivity index (χ2v) is 7.19. The van der Waals surface area contributed by atoms with Gasteiger partial charge in [-0.25, -0.2) is 0 Å². The van der Waals surface area contributed by atoms with E-state index in [0.29, 0.717) is 38.3 Å². The summed E-state index contributed by atoms with van der Waals surface area (Å²) in [4.78, 5) is 28.2. The van der Waals surface area contributed by atoms with E-state index in [1.54, 1.807) is 30.0 Å². The topological polar surface area (TPSA) is 66.7 Å². The van der Waals surface area contributed by atoms with Crippen molar-refractivity contribution in [2.75, 3.05) is 36.8 Å². The van der Waals surface area contributed by atoms with E-state index in [0.717, 1.165) is 5.75 Å². The molecule has 26 heavy (non-hydrogen) atoms. The van der Waals surface area contributed by atoms with Gasteiger partial charge in [0.05, 0.1) is 4.92 Å². The molecule has 1 amide bonds. The maximum atomic E-state index is 12.4. The van der Waals surface area contributed by atoms with E-state index in [2.05, 4.69) is 0 Å². The van der Waals surface area contributed by atoms with Crippen molar-refractivity contribution >= 4 is 29.0 Å². The molecule has 1 aliphatic heterocycles. The molecule has 6 nitrogen and oxygen atoms in total. The first-order chi connectivity index (χ1) is 12.6. The van der Waals surface area contributed by atoms with Gasteiger partial charge in [0, 0.05) is 49.3 Å². The Hall–Kier alpha value is -2.54. The monoisotopic (exact) mass is 371 g/mol. The van der Waals surface area contributed by atoms with Crippen LogP contribution in [0.1, 0.15) is 6.42 Å². The minimum Gasteiger partial charge on any atom is -0.362 e. The molecule has 1 heterocycles. The Labute approximate surface area is 156 Å². The number of benzene rings is 2. The predicted octanol–water partition coefficient (Wildman–Crippen LogP) is 3.43. The number of rotatable bonds is 6. The van der Waals surface area contributed by atoms with E-state index in [1.165, 1.54) is 11.0 Å². The lowest BCUT2D eigenvalue weighted by atomic mass is 10.2. The summed E-state index contributed by atoms with van der Waals surface area (Å²) in [7, 11) is 0. The first-order valence-electron chi connectivity index (χ1n) is 8.59. The number of anilines is 1. The van der Waals surface area contributed by atoms with Crippen molar-refractivity contribution < 1.29 is 9.72 Å². The number of hydrogen-bond acceptors (Lipinski definition) is 5. The number of amides is 1. The van der Waals surface area contributed by atoms with Crippen molar-refractivity contribution in [3.63, 3.8) is 0 Å². The van der Waals surface area contributed by atoms with Crippen LogP contribution in [-0.2, 0) is 4.79 Å². The molecule has 2 aromatic carbocycles. The summed E-state index contributed by atoms with van der Waals surface area (Å²) in [6, 6.07) is 16.8. The van der Waals surface area contributed by atoms with Gasteiger partial charge in [-0.05, 0) is 18.2 Å². The molecule has 0 saturated carbocycles. The Kier molecular flexibility index (Phi) is 6.12. The number of hydrogen-bond donors (Lipinski definition) is 0. The summed E-state index contributed by atoms with van der Waals surface area (Å²) < 4.78 is 0. The molecule has 1 fully saturated rings. The van der Waals surface area contributed by atoms with Gasteiger partial charge in [-0.15, -0.1) is 11.8 Å². The van der Waals surface area contributed by atoms with Crippen molar-refractivity contribution in [1.82, 2.24) is 4.90 Å². The van der Waals surface area contributed by atoms with E-state index in [4.69, 9.17) is 0 Å². The van der Waals surface area contributed by atoms with Gasteiger partial charge in [0.15, 0.2) is 0 Å². The van der Waals surface area contributed by atoms with Gasteiger partial charge in [-0.3, -0.25) is 14.9 Å². The van der Waals surface area contributed by atoms with Crippen molar-refractivity contribution in [3.05, 3.63) is 64.7 Å². The van der Waals surface area contributed by atoms with E-state index < -0.39 is 0 Å². The quantitative estimate of drug-likeness (QED) is 0.442. The fourth-order valence-electron chi connectivity index (χ4n) is 3.01. The Morgan fingerprint density at radius 3 is 2.35 bits per heavy atom. The van der Waals surface area contributed by atoms with Crippen LogP contribution >= 0.6 is 11.8 Å². The summed E-state index contributed by atoms with van der Waals surface area (Å²) in [5.74, 6) is 0.906. The zero-order valence-electron chi connectivity index (χ0n) is 14.4. The SMILES string of the molecule is O=C(CCSc1ccccc1)N1CCN(c2ccccc2[N+](=O)[O-])CC1. The first-order valence-corrected chi connectivity index (χ1v) is 9.57. The van der Waals surface area contributed by atoms with Gasteiger partial charge in [0.25, 0.3) is 5.69 Å². The van der Waals surface area contributed by atoms with Crippen LogP contribution in [0.2, 0.25) is 0 Å². The lowest BCUT2D eigenvalue weighted by Crippen LogP contribution is -2.49. The normalized spacial score (nSPS) is 14.3. The molecule has 0 spiro atoms. The molecule has 2 aromatic rings. The molecule has 0 N–H and O–H groups in total. The van der Waals surface area contributed by atoms with Gasteiger partial charge < -0.3 is 9.80 Å². The number of thioether (sulfide) groups is 1. The summed E-state index contributed by atoms with van der Waals surface area (Å²) in [5.41, 5.74) is 0.746. The van der Waals surface area contributed by atoms with Crippen LogP contribution in [0.5, 0.6) is 0 Å². The van der Waals surface area contributed by atoms with Crippen molar-refractivity contribution in [3.8, 4) is 0 Å². The molecule has 0 aromatic heterocycles. The summed E-state index contributed by atoms with van der Waals surface area (Å²) in [5, 5.41) is 11.2. The second kappa shape index (κ2) is 8.71. The number of carbonyl (C=O) groups is 1. The maximum Gasteiger partial charge on any atom is 0.292 e. The Balaban J connectivity index is 1.49. The number of carbonyl (C=O) groups excluding carboxylic acids is 1. The molecule has 0 aliphatic carbocycles. The average molecular weight is 371 g/mol. The highest BCUT2D eigenvalue weighted by Crippen LogP contribution is 2.28. The van der Waals surface area contributed by atoms with E-state index >= 15 is 0 Å². The van der Waals surface area contributed by atoms with Gasteiger partial charge >= 0.3 is 0 Å². The van der Waals surface area contributed by atoms with Crippen molar-refractivity contribution in [1.29, 1.82) is 0 Å². The lowest BCUT2D eigenvalue weighted by Gasteiger charge is -2.35. The molecule has 0 bridgehead atoms. The molecule has 1 saturated heterocycles.